The number of aryl methyl sites for hydroxylation is 1. The van der Waals surface area contributed by atoms with E-state index < -0.39 is 0 Å². The van der Waals surface area contributed by atoms with Crippen molar-refractivity contribution in [2.75, 3.05) is 6.54 Å². The molecular weight excluding hydrogens is 186 g/mol. The van der Waals surface area contributed by atoms with Crippen LogP contribution in [0.15, 0.2) is 22.1 Å². The van der Waals surface area contributed by atoms with Crippen LogP contribution >= 0.6 is 0 Å². The topological polar surface area (TPSA) is 25.2 Å². The number of hydrogen-bond acceptors (Lipinski definition) is 2. The van der Waals surface area contributed by atoms with Crippen LogP contribution in [-0.4, -0.2) is 12.1 Å². The molecule has 1 rings (SSSR count). The molecule has 0 fully saturated rings. The fraction of sp³-hybridized carbons (Fsp3) is 0.538. The van der Waals surface area contributed by atoms with E-state index >= 15 is 0 Å². The van der Waals surface area contributed by atoms with E-state index in [2.05, 4.69) is 39.1 Å². The molecule has 0 aliphatic rings. The molecule has 0 radical (unpaired) electrons. The van der Waals surface area contributed by atoms with Gasteiger partial charge >= 0.3 is 0 Å². The second-order valence-electron chi connectivity index (χ2n) is 5.04. The molecule has 0 aliphatic heterocycles. The van der Waals surface area contributed by atoms with E-state index in [0.29, 0.717) is 0 Å². The fourth-order valence-corrected chi connectivity index (χ4v) is 1.23. The molecule has 15 heavy (non-hydrogen) atoms. The second-order valence-corrected chi connectivity index (χ2v) is 5.04. The van der Waals surface area contributed by atoms with Gasteiger partial charge in [0, 0.05) is 12.1 Å². The van der Waals surface area contributed by atoms with Gasteiger partial charge in [-0.1, -0.05) is 5.57 Å². The van der Waals surface area contributed by atoms with Gasteiger partial charge in [-0.3, -0.25) is 0 Å². The van der Waals surface area contributed by atoms with Crippen LogP contribution in [0.1, 0.15) is 39.2 Å². The van der Waals surface area contributed by atoms with Crippen LogP contribution in [0.2, 0.25) is 0 Å². The Balaban J connectivity index is 2.53. The summed E-state index contributed by atoms with van der Waals surface area (Å²) in [5, 5.41) is 3.44. The number of nitrogens with one attached hydrogen (secondary N) is 1. The van der Waals surface area contributed by atoms with Crippen LogP contribution in [-0.2, 0) is 0 Å². The van der Waals surface area contributed by atoms with E-state index in [0.717, 1.165) is 18.1 Å². The quantitative estimate of drug-likeness (QED) is 0.822. The molecule has 0 amide bonds. The van der Waals surface area contributed by atoms with Gasteiger partial charge in [-0.2, -0.15) is 0 Å². The summed E-state index contributed by atoms with van der Waals surface area (Å²) in [5.74, 6) is 1.89. The summed E-state index contributed by atoms with van der Waals surface area (Å²) in [6.07, 6.45) is 2.08. The molecule has 2 heteroatoms. The Morgan fingerprint density at radius 1 is 1.40 bits per heavy atom. The van der Waals surface area contributed by atoms with Gasteiger partial charge in [0.15, 0.2) is 0 Å². The number of furan rings is 1. The van der Waals surface area contributed by atoms with Crippen LogP contribution in [0, 0.1) is 6.92 Å². The summed E-state index contributed by atoms with van der Waals surface area (Å²) < 4.78 is 5.48. The SMILES string of the molecule is CC(=Cc1ccc(C)o1)CNC(C)(C)C. The Morgan fingerprint density at radius 3 is 2.53 bits per heavy atom. The summed E-state index contributed by atoms with van der Waals surface area (Å²) in [6.45, 7) is 11.5. The van der Waals surface area contributed by atoms with Crippen molar-refractivity contribution >= 4 is 6.08 Å². The van der Waals surface area contributed by atoms with Crippen molar-refractivity contribution in [2.24, 2.45) is 0 Å². The average molecular weight is 207 g/mol. The zero-order valence-electron chi connectivity index (χ0n) is 10.3. The Labute approximate surface area is 92.4 Å². The maximum Gasteiger partial charge on any atom is 0.127 e. The molecule has 0 atom stereocenters. The minimum absolute atomic E-state index is 0.161. The minimum Gasteiger partial charge on any atom is -0.462 e. The van der Waals surface area contributed by atoms with Gasteiger partial charge in [-0.15, -0.1) is 0 Å². The average Bonchev–Trinajstić information content (AvgIpc) is 2.47. The predicted octanol–water partition coefficient (Wildman–Crippen LogP) is 3.38. The molecule has 0 saturated heterocycles. The van der Waals surface area contributed by atoms with E-state index in [-0.39, 0.29) is 5.54 Å². The Hall–Kier alpha value is -1.02. The van der Waals surface area contributed by atoms with Gasteiger partial charge in [0.2, 0.25) is 0 Å². The van der Waals surface area contributed by atoms with Crippen molar-refractivity contribution in [3.63, 3.8) is 0 Å². The first-order chi connectivity index (χ1) is 6.87. The molecule has 2 nitrogen and oxygen atoms in total. The van der Waals surface area contributed by atoms with E-state index in [4.69, 9.17) is 4.42 Å². The summed E-state index contributed by atoms with van der Waals surface area (Å²) in [7, 11) is 0. The lowest BCUT2D eigenvalue weighted by atomic mass is 10.1. The van der Waals surface area contributed by atoms with Gasteiger partial charge in [0.05, 0.1) is 0 Å². The molecule has 1 aromatic rings. The summed E-state index contributed by atoms with van der Waals surface area (Å²) in [4.78, 5) is 0. The third kappa shape index (κ3) is 4.84. The van der Waals surface area contributed by atoms with Crippen LogP contribution in [0.5, 0.6) is 0 Å². The number of hydrogen-bond donors (Lipinski definition) is 1. The first-order valence-electron chi connectivity index (χ1n) is 5.35. The second kappa shape index (κ2) is 4.67. The molecule has 84 valence electrons. The molecule has 1 heterocycles. The Bertz CT molecular complexity index is 342. The zero-order chi connectivity index (χ0) is 11.5. The highest BCUT2D eigenvalue weighted by Crippen LogP contribution is 2.11. The fourth-order valence-electron chi connectivity index (χ4n) is 1.23. The van der Waals surface area contributed by atoms with E-state index in [1.54, 1.807) is 0 Å². The van der Waals surface area contributed by atoms with Crippen molar-refractivity contribution in [3.05, 3.63) is 29.2 Å². The van der Waals surface area contributed by atoms with Crippen LogP contribution in [0.25, 0.3) is 6.08 Å². The smallest absolute Gasteiger partial charge is 0.127 e. The van der Waals surface area contributed by atoms with Crippen molar-refractivity contribution < 1.29 is 4.42 Å². The summed E-state index contributed by atoms with van der Waals surface area (Å²) >= 11 is 0. The largest absolute Gasteiger partial charge is 0.462 e. The van der Waals surface area contributed by atoms with Crippen molar-refractivity contribution in [2.45, 2.75) is 40.2 Å². The third-order valence-electron chi connectivity index (χ3n) is 2.05. The first kappa shape index (κ1) is 12.1. The monoisotopic (exact) mass is 207 g/mol. The van der Waals surface area contributed by atoms with Crippen molar-refractivity contribution in [3.8, 4) is 0 Å². The molecule has 1 N–H and O–H groups in total. The van der Waals surface area contributed by atoms with Gasteiger partial charge < -0.3 is 9.73 Å². The Morgan fingerprint density at radius 2 is 2.07 bits per heavy atom. The molecule has 0 bridgehead atoms. The molecule has 0 aliphatic carbocycles. The molecule has 1 aromatic heterocycles. The highest BCUT2D eigenvalue weighted by molar-refractivity contribution is 5.47. The maximum absolute atomic E-state index is 5.48. The Kier molecular flexibility index (Phi) is 3.75. The normalized spacial score (nSPS) is 13.3. The molecule has 0 unspecified atom stereocenters. The highest BCUT2D eigenvalue weighted by atomic mass is 16.3. The van der Waals surface area contributed by atoms with Gasteiger partial charge in [0.25, 0.3) is 0 Å². The van der Waals surface area contributed by atoms with Gasteiger partial charge in [-0.05, 0) is 52.8 Å². The lowest BCUT2D eigenvalue weighted by Crippen LogP contribution is -2.36. The molecule has 0 spiro atoms. The third-order valence-corrected chi connectivity index (χ3v) is 2.05. The molecule has 0 saturated carbocycles. The van der Waals surface area contributed by atoms with E-state index in [9.17, 15) is 0 Å². The lowest BCUT2D eigenvalue weighted by molar-refractivity contribution is 0.444. The van der Waals surface area contributed by atoms with Crippen LogP contribution in [0.4, 0.5) is 0 Å². The summed E-state index contributed by atoms with van der Waals surface area (Å²) in [6, 6.07) is 3.98. The van der Waals surface area contributed by atoms with Gasteiger partial charge in [0.1, 0.15) is 11.5 Å². The van der Waals surface area contributed by atoms with E-state index in [1.807, 2.05) is 19.1 Å². The maximum atomic E-state index is 5.48. The van der Waals surface area contributed by atoms with Gasteiger partial charge in [-0.25, -0.2) is 0 Å². The van der Waals surface area contributed by atoms with Crippen molar-refractivity contribution in [1.82, 2.24) is 5.32 Å². The summed E-state index contributed by atoms with van der Waals surface area (Å²) in [5.41, 5.74) is 1.44. The molecule has 0 aromatic carbocycles. The molecular formula is C13H21NO. The zero-order valence-corrected chi connectivity index (χ0v) is 10.3. The minimum atomic E-state index is 0.161. The first-order valence-corrected chi connectivity index (χ1v) is 5.35. The van der Waals surface area contributed by atoms with Crippen molar-refractivity contribution in [1.29, 1.82) is 0 Å². The lowest BCUT2D eigenvalue weighted by Gasteiger charge is -2.20. The number of rotatable bonds is 3. The van der Waals surface area contributed by atoms with E-state index in [1.165, 1.54) is 5.57 Å². The predicted molar refractivity (Wildman–Crippen MR) is 64.9 cm³/mol. The van der Waals surface area contributed by atoms with Crippen LogP contribution in [0.3, 0.4) is 0 Å². The highest BCUT2D eigenvalue weighted by Gasteiger charge is 2.07. The standard InChI is InChI=1S/C13H21NO/c1-10(9-14-13(3,4)5)8-12-7-6-11(2)15-12/h6-8,14H,9H2,1-5H3. The van der Waals surface area contributed by atoms with Crippen LogP contribution < -0.4 is 5.32 Å².